The van der Waals surface area contributed by atoms with Crippen molar-refractivity contribution in [2.75, 3.05) is 41.4 Å². The van der Waals surface area contributed by atoms with E-state index in [0.29, 0.717) is 13.2 Å². The summed E-state index contributed by atoms with van der Waals surface area (Å²) in [5.41, 5.74) is 3.77. The predicted molar refractivity (Wildman–Crippen MR) is 110 cm³/mol. The summed E-state index contributed by atoms with van der Waals surface area (Å²) in [6.07, 6.45) is 0.652. The monoisotopic (exact) mass is 379 g/mol. The zero-order valence-electron chi connectivity index (χ0n) is 16.1. The first-order chi connectivity index (χ1) is 13.6. The number of ether oxygens (including phenoxy) is 1. The van der Waals surface area contributed by atoms with Crippen LogP contribution in [0, 0.1) is 0 Å². The second-order valence-corrected chi connectivity index (χ2v) is 7.29. The van der Waals surface area contributed by atoms with E-state index in [1.165, 1.54) is 0 Å². The van der Waals surface area contributed by atoms with E-state index in [2.05, 4.69) is 10.2 Å². The van der Waals surface area contributed by atoms with Crippen molar-refractivity contribution in [3.05, 3.63) is 54.1 Å². The summed E-state index contributed by atoms with van der Waals surface area (Å²) in [6, 6.07) is 15.7. The van der Waals surface area contributed by atoms with Gasteiger partial charge in [0.25, 0.3) is 0 Å². The van der Waals surface area contributed by atoms with E-state index in [-0.39, 0.29) is 24.3 Å². The fraction of sp³-hybridized carbons (Fsp3) is 0.364. The van der Waals surface area contributed by atoms with Gasteiger partial charge in [0.05, 0.1) is 24.6 Å². The number of anilines is 3. The second kappa shape index (κ2) is 8.02. The van der Waals surface area contributed by atoms with Crippen LogP contribution in [0.2, 0.25) is 0 Å². The van der Waals surface area contributed by atoms with Gasteiger partial charge in [-0.3, -0.25) is 9.59 Å². The van der Waals surface area contributed by atoms with Gasteiger partial charge in [-0.15, -0.1) is 0 Å². The molecule has 0 aliphatic carbocycles. The number of nitrogens with one attached hydrogen (secondary N) is 1. The fourth-order valence-corrected chi connectivity index (χ4v) is 4.02. The summed E-state index contributed by atoms with van der Waals surface area (Å²) in [6.45, 7) is 4.94. The van der Waals surface area contributed by atoms with E-state index in [1.807, 2.05) is 55.5 Å². The van der Waals surface area contributed by atoms with Crippen molar-refractivity contribution in [2.45, 2.75) is 25.8 Å². The summed E-state index contributed by atoms with van der Waals surface area (Å²) >= 11 is 0. The molecule has 0 aromatic heterocycles. The molecular formula is C22H25N3O3. The summed E-state index contributed by atoms with van der Waals surface area (Å²) in [5, 5.41) is 2.93. The van der Waals surface area contributed by atoms with E-state index >= 15 is 0 Å². The van der Waals surface area contributed by atoms with Gasteiger partial charge in [0.2, 0.25) is 11.8 Å². The molecule has 6 nitrogen and oxygen atoms in total. The third kappa shape index (κ3) is 3.73. The molecule has 0 spiro atoms. The van der Waals surface area contributed by atoms with Crippen LogP contribution < -0.4 is 15.1 Å². The quantitative estimate of drug-likeness (QED) is 0.830. The minimum absolute atomic E-state index is 0.0679. The van der Waals surface area contributed by atoms with Crippen LogP contribution in [0.5, 0.6) is 0 Å². The Kier molecular flexibility index (Phi) is 5.30. The molecule has 146 valence electrons. The number of benzene rings is 2. The van der Waals surface area contributed by atoms with Crippen molar-refractivity contribution in [3.63, 3.8) is 0 Å². The normalized spacial score (nSPS) is 18.7. The van der Waals surface area contributed by atoms with E-state index in [4.69, 9.17) is 4.74 Å². The molecule has 6 heteroatoms. The molecule has 1 saturated heterocycles. The van der Waals surface area contributed by atoms with E-state index in [0.717, 1.165) is 42.1 Å². The van der Waals surface area contributed by atoms with Gasteiger partial charge >= 0.3 is 0 Å². The molecular weight excluding hydrogens is 354 g/mol. The Bertz CT molecular complexity index is 877. The highest BCUT2D eigenvalue weighted by Gasteiger charge is 2.31. The Labute approximate surface area is 165 Å². The lowest BCUT2D eigenvalue weighted by atomic mass is 10.1. The van der Waals surface area contributed by atoms with Crippen molar-refractivity contribution >= 4 is 28.9 Å². The van der Waals surface area contributed by atoms with Crippen LogP contribution in [-0.2, 0) is 20.7 Å². The number of carbonyl (C=O) groups is 2. The molecule has 2 aromatic rings. The average Bonchev–Trinajstić information content (AvgIpc) is 3.04. The van der Waals surface area contributed by atoms with Crippen molar-refractivity contribution in [1.82, 2.24) is 0 Å². The minimum Gasteiger partial charge on any atom is -0.378 e. The third-order valence-electron chi connectivity index (χ3n) is 5.32. The molecule has 1 fully saturated rings. The first kappa shape index (κ1) is 18.5. The molecule has 2 aliphatic rings. The summed E-state index contributed by atoms with van der Waals surface area (Å²) < 4.78 is 5.41. The maximum Gasteiger partial charge on any atom is 0.236 e. The molecule has 0 radical (unpaired) electrons. The third-order valence-corrected chi connectivity index (χ3v) is 5.32. The molecule has 2 amide bonds. The van der Waals surface area contributed by atoms with Gasteiger partial charge in [-0.2, -0.15) is 0 Å². The highest BCUT2D eigenvalue weighted by Crippen LogP contribution is 2.32. The number of para-hydroxylation sites is 3. The standard InChI is InChI=1S/C22H25N3O3/c1-16-14-17-6-2-4-8-19(17)25(16)22(27)15-21(26)23-18-7-3-5-9-20(18)24-10-12-28-13-11-24/h2-9,16H,10-15H2,1H3,(H,23,26). The Morgan fingerprint density at radius 3 is 2.50 bits per heavy atom. The zero-order chi connectivity index (χ0) is 19.5. The van der Waals surface area contributed by atoms with Crippen molar-refractivity contribution < 1.29 is 14.3 Å². The number of morpholine rings is 1. The Morgan fingerprint density at radius 2 is 1.71 bits per heavy atom. The Balaban J connectivity index is 1.45. The highest BCUT2D eigenvalue weighted by atomic mass is 16.5. The van der Waals surface area contributed by atoms with Gasteiger partial charge in [-0.1, -0.05) is 30.3 Å². The number of fused-ring (bicyclic) bond motifs is 1. The molecule has 4 rings (SSSR count). The van der Waals surface area contributed by atoms with Crippen LogP contribution in [0.1, 0.15) is 18.9 Å². The van der Waals surface area contributed by atoms with Gasteiger partial charge in [0.1, 0.15) is 6.42 Å². The van der Waals surface area contributed by atoms with Crippen LogP contribution >= 0.6 is 0 Å². The number of amides is 2. The van der Waals surface area contributed by atoms with Gasteiger partial charge in [-0.05, 0) is 37.1 Å². The number of carbonyl (C=O) groups excluding carboxylic acids is 2. The first-order valence-electron chi connectivity index (χ1n) is 9.75. The van der Waals surface area contributed by atoms with Crippen LogP contribution in [-0.4, -0.2) is 44.2 Å². The lowest BCUT2D eigenvalue weighted by Crippen LogP contribution is -2.38. The number of nitrogens with zero attached hydrogens (tertiary/aromatic N) is 2. The molecule has 1 unspecified atom stereocenters. The summed E-state index contributed by atoms with van der Waals surface area (Å²) in [5.74, 6) is -0.457. The number of hydrogen-bond acceptors (Lipinski definition) is 4. The molecule has 0 saturated carbocycles. The minimum atomic E-state index is -0.290. The Hall–Kier alpha value is -2.86. The van der Waals surface area contributed by atoms with Crippen molar-refractivity contribution in [1.29, 1.82) is 0 Å². The number of rotatable bonds is 4. The van der Waals surface area contributed by atoms with Gasteiger partial charge in [0.15, 0.2) is 0 Å². The SMILES string of the molecule is CC1Cc2ccccc2N1C(=O)CC(=O)Nc1ccccc1N1CCOCC1. The molecule has 1 N–H and O–H groups in total. The summed E-state index contributed by atoms with van der Waals surface area (Å²) in [7, 11) is 0. The van der Waals surface area contributed by atoms with Crippen LogP contribution in [0.4, 0.5) is 17.1 Å². The molecule has 0 bridgehead atoms. The van der Waals surface area contributed by atoms with Crippen molar-refractivity contribution in [2.24, 2.45) is 0 Å². The topological polar surface area (TPSA) is 61.9 Å². The molecule has 2 aliphatic heterocycles. The fourth-order valence-electron chi connectivity index (χ4n) is 4.02. The maximum atomic E-state index is 12.8. The van der Waals surface area contributed by atoms with Crippen molar-refractivity contribution in [3.8, 4) is 0 Å². The van der Waals surface area contributed by atoms with Gasteiger partial charge in [0, 0.05) is 24.8 Å². The smallest absolute Gasteiger partial charge is 0.236 e. The lowest BCUT2D eigenvalue weighted by Gasteiger charge is -2.30. The predicted octanol–water partition coefficient (Wildman–Crippen LogP) is 2.83. The van der Waals surface area contributed by atoms with E-state index in [9.17, 15) is 9.59 Å². The van der Waals surface area contributed by atoms with Gasteiger partial charge in [-0.25, -0.2) is 0 Å². The first-order valence-corrected chi connectivity index (χ1v) is 9.75. The summed E-state index contributed by atoms with van der Waals surface area (Å²) in [4.78, 5) is 29.4. The highest BCUT2D eigenvalue weighted by molar-refractivity contribution is 6.10. The average molecular weight is 379 g/mol. The number of hydrogen-bond donors (Lipinski definition) is 1. The zero-order valence-corrected chi connectivity index (χ0v) is 16.1. The molecule has 1 atom stereocenters. The Morgan fingerprint density at radius 1 is 1.04 bits per heavy atom. The lowest BCUT2D eigenvalue weighted by molar-refractivity contribution is -0.125. The van der Waals surface area contributed by atoms with Crippen LogP contribution in [0.3, 0.4) is 0 Å². The largest absolute Gasteiger partial charge is 0.378 e. The van der Waals surface area contributed by atoms with Gasteiger partial charge < -0.3 is 19.9 Å². The maximum absolute atomic E-state index is 12.8. The van der Waals surface area contributed by atoms with Crippen LogP contribution in [0.25, 0.3) is 0 Å². The molecule has 28 heavy (non-hydrogen) atoms. The molecule has 2 aromatic carbocycles. The second-order valence-electron chi connectivity index (χ2n) is 7.29. The van der Waals surface area contributed by atoms with E-state index < -0.39 is 0 Å². The van der Waals surface area contributed by atoms with E-state index in [1.54, 1.807) is 4.90 Å². The van der Waals surface area contributed by atoms with Crippen LogP contribution in [0.15, 0.2) is 48.5 Å². The molecule has 2 heterocycles.